The highest BCUT2D eigenvalue weighted by Crippen LogP contribution is 2.43. The summed E-state index contributed by atoms with van der Waals surface area (Å²) in [7, 11) is 0. The van der Waals surface area contributed by atoms with E-state index in [-0.39, 0.29) is 5.82 Å². The Bertz CT molecular complexity index is 755. The fourth-order valence-electron chi connectivity index (χ4n) is 3.14. The Hall–Kier alpha value is -1.68. The molecule has 23 heavy (non-hydrogen) atoms. The number of hydrogen-bond donors (Lipinski definition) is 1. The summed E-state index contributed by atoms with van der Waals surface area (Å²) < 4.78 is 13.4. The van der Waals surface area contributed by atoms with Crippen molar-refractivity contribution in [3.63, 3.8) is 0 Å². The maximum Gasteiger partial charge on any atom is 0.123 e. The first-order valence-corrected chi connectivity index (χ1v) is 9.07. The molecule has 4 rings (SSSR count). The molecular weight excluding hydrogens is 307 g/mol. The number of rotatable bonds is 3. The minimum atomic E-state index is -0.136. The van der Waals surface area contributed by atoms with Gasteiger partial charge in [-0.1, -0.05) is 6.07 Å². The Kier molecular flexibility index (Phi) is 3.72. The number of aryl methyl sites for hydroxylation is 1. The number of nitrogens with zero attached hydrogens (tertiary/aromatic N) is 1. The first-order chi connectivity index (χ1) is 11.1. The van der Waals surface area contributed by atoms with Gasteiger partial charge in [-0.15, -0.1) is 11.8 Å². The molecule has 0 bridgehead atoms. The average molecular weight is 328 g/mol. The Labute approximate surface area is 140 Å². The molecule has 2 nitrogen and oxygen atoms in total. The second kappa shape index (κ2) is 5.75. The summed E-state index contributed by atoms with van der Waals surface area (Å²) in [5.41, 5.74) is 11.9. The molecule has 0 amide bonds. The quantitative estimate of drug-likeness (QED) is 0.839. The Morgan fingerprint density at radius 1 is 1.17 bits per heavy atom. The van der Waals surface area contributed by atoms with Gasteiger partial charge in [0, 0.05) is 34.6 Å². The molecule has 0 atom stereocenters. The van der Waals surface area contributed by atoms with Crippen LogP contribution in [0.15, 0.2) is 35.2 Å². The Balaban J connectivity index is 1.63. The molecule has 1 heterocycles. The third kappa shape index (κ3) is 3.05. The van der Waals surface area contributed by atoms with Gasteiger partial charge in [-0.25, -0.2) is 4.39 Å². The predicted molar refractivity (Wildman–Crippen MR) is 95.6 cm³/mol. The number of benzene rings is 2. The maximum absolute atomic E-state index is 13.4. The van der Waals surface area contributed by atoms with E-state index in [0.29, 0.717) is 0 Å². The smallest absolute Gasteiger partial charge is 0.123 e. The van der Waals surface area contributed by atoms with Crippen LogP contribution in [0.5, 0.6) is 0 Å². The molecular formula is C19H21FN2S. The zero-order valence-corrected chi connectivity index (χ0v) is 14.1. The second-order valence-corrected chi connectivity index (χ2v) is 7.92. The fourth-order valence-corrected chi connectivity index (χ4v) is 4.34. The van der Waals surface area contributed by atoms with Gasteiger partial charge in [0.25, 0.3) is 0 Å². The van der Waals surface area contributed by atoms with Crippen molar-refractivity contribution in [2.24, 2.45) is 0 Å². The van der Waals surface area contributed by atoms with Gasteiger partial charge in [0.05, 0.1) is 0 Å². The van der Waals surface area contributed by atoms with E-state index in [1.54, 1.807) is 12.1 Å². The molecule has 0 spiro atoms. The number of fused-ring (bicyclic) bond motifs is 1. The van der Waals surface area contributed by atoms with Gasteiger partial charge < -0.3 is 10.6 Å². The maximum atomic E-state index is 13.4. The van der Waals surface area contributed by atoms with E-state index in [1.165, 1.54) is 29.0 Å². The van der Waals surface area contributed by atoms with Crippen molar-refractivity contribution in [1.29, 1.82) is 0 Å². The van der Waals surface area contributed by atoms with Crippen LogP contribution in [0.25, 0.3) is 0 Å². The largest absolute Gasteiger partial charge is 0.398 e. The molecule has 0 aromatic heterocycles. The Morgan fingerprint density at radius 3 is 2.78 bits per heavy atom. The van der Waals surface area contributed by atoms with E-state index < -0.39 is 0 Å². The van der Waals surface area contributed by atoms with Gasteiger partial charge in [0.1, 0.15) is 5.82 Å². The fraction of sp³-hybridized carbons (Fsp3) is 0.368. The third-order valence-electron chi connectivity index (χ3n) is 4.70. The molecule has 1 aliphatic heterocycles. The van der Waals surface area contributed by atoms with Crippen LogP contribution in [-0.2, 0) is 13.0 Å². The summed E-state index contributed by atoms with van der Waals surface area (Å²) in [6, 6.07) is 9.57. The van der Waals surface area contributed by atoms with Crippen molar-refractivity contribution in [1.82, 2.24) is 0 Å². The standard InChI is InChI=1S/C19H21FN2S/c1-12-8-16(10-18(19(12)21)23-17-4-5-17)22-7-6-13-9-15(20)3-2-14(13)11-22/h2-3,8-10,17H,4-7,11,21H2,1H3. The molecule has 120 valence electrons. The van der Waals surface area contributed by atoms with Gasteiger partial charge in [-0.3, -0.25) is 0 Å². The average Bonchev–Trinajstić information content (AvgIpc) is 3.35. The molecule has 2 aromatic rings. The van der Waals surface area contributed by atoms with Crippen LogP contribution >= 0.6 is 11.8 Å². The highest BCUT2D eigenvalue weighted by Gasteiger charge is 2.25. The van der Waals surface area contributed by atoms with E-state index in [1.807, 2.05) is 17.8 Å². The summed E-state index contributed by atoms with van der Waals surface area (Å²) in [5, 5.41) is 0.747. The monoisotopic (exact) mass is 328 g/mol. The summed E-state index contributed by atoms with van der Waals surface area (Å²) in [6.07, 6.45) is 3.49. The predicted octanol–water partition coefficient (Wildman–Crippen LogP) is 4.53. The van der Waals surface area contributed by atoms with Crippen LogP contribution in [0, 0.1) is 12.7 Å². The van der Waals surface area contributed by atoms with Crippen molar-refractivity contribution >= 4 is 23.1 Å². The van der Waals surface area contributed by atoms with Gasteiger partial charge in [0.15, 0.2) is 0 Å². The lowest BCUT2D eigenvalue weighted by atomic mass is 9.99. The van der Waals surface area contributed by atoms with Gasteiger partial charge in [-0.05, 0) is 67.1 Å². The molecule has 1 saturated carbocycles. The first kappa shape index (κ1) is 14.9. The lowest BCUT2D eigenvalue weighted by Crippen LogP contribution is -2.30. The van der Waals surface area contributed by atoms with Crippen molar-refractivity contribution in [2.75, 3.05) is 17.2 Å². The second-order valence-electron chi connectivity index (χ2n) is 6.58. The van der Waals surface area contributed by atoms with Gasteiger partial charge >= 0.3 is 0 Å². The molecule has 0 saturated heterocycles. The highest BCUT2D eigenvalue weighted by molar-refractivity contribution is 8.00. The van der Waals surface area contributed by atoms with E-state index in [0.717, 1.165) is 41.6 Å². The molecule has 2 aromatic carbocycles. The third-order valence-corrected chi connectivity index (χ3v) is 6.09. The van der Waals surface area contributed by atoms with E-state index in [9.17, 15) is 4.39 Å². The number of hydrogen-bond acceptors (Lipinski definition) is 3. The molecule has 0 radical (unpaired) electrons. The molecule has 2 N–H and O–H groups in total. The van der Waals surface area contributed by atoms with Crippen LogP contribution in [-0.4, -0.2) is 11.8 Å². The lowest BCUT2D eigenvalue weighted by molar-refractivity contribution is 0.619. The molecule has 2 aliphatic rings. The molecule has 4 heteroatoms. The van der Waals surface area contributed by atoms with Crippen LogP contribution in [0.2, 0.25) is 0 Å². The molecule has 1 aliphatic carbocycles. The molecule has 0 unspecified atom stereocenters. The number of nitrogens with two attached hydrogens (primary N) is 1. The zero-order valence-electron chi connectivity index (χ0n) is 13.3. The minimum Gasteiger partial charge on any atom is -0.398 e. The SMILES string of the molecule is Cc1cc(N2CCc3cc(F)ccc3C2)cc(SC2CC2)c1N. The van der Waals surface area contributed by atoms with E-state index in [4.69, 9.17) is 5.73 Å². The van der Waals surface area contributed by atoms with Crippen molar-refractivity contribution in [3.05, 3.63) is 52.8 Å². The number of halogens is 1. The summed E-state index contributed by atoms with van der Waals surface area (Å²) >= 11 is 1.91. The Morgan fingerprint density at radius 2 is 2.00 bits per heavy atom. The van der Waals surface area contributed by atoms with Crippen molar-refractivity contribution < 1.29 is 4.39 Å². The van der Waals surface area contributed by atoms with Gasteiger partial charge in [0.2, 0.25) is 0 Å². The number of nitrogen functional groups attached to an aromatic ring is 1. The number of anilines is 2. The number of thioether (sulfide) groups is 1. The summed E-state index contributed by atoms with van der Waals surface area (Å²) in [6.45, 7) is 3.85. The zero-order chi connectivity index (χ0) is 16.0. The van der Waals surface area contributed by atoms with Crippen LogP contribution in [0.1, 0.15) is 29.5 Å². The topological polar surface area (TPSA) is 29.3 Å². The van der Waals surface area contributed by atoms with E-state index >= 15 is 0 Å². The first-order valence-electron chi connectivity index (χ1n) is 8.19. The highest BCUT2D eigenvalue weighted by atomic mass is 32.2. The van der Waals surface area contributed by atoms with Crippen LogP contribution in [0.4, 0.5) is 15.8 Å². The van der Waals surface area contributed by atoms with Crippen molar-refractivity contribution in [2.45, 2.75) is 42.9 Å². The lowest BCUT2D eigenvalue weighted by Gasteiger charge is -2.31. The van der Waals surface area contributed by atoms with Gasteiger partial charge in [-0.2, -0.15) is 0 Å². The molecule has 1 fully saturated rings. The summed E-state index contributed by atoms with van der Waals surface area (Å²) in [4.78, 5) is 3.59. The van der Waals surface area contributed by atoms with Crippen LogP contribution in [0.3, 0.4) is 0 Å². The normalized spacial score (nSPS) is 17.2. The van der Waals surface area contributed by atoms with E-state index in [2.05, 4.69) is 24.0 Å². The van der Waals surface area contributed by atoms with Crippen LogP contribution < -0.4 is 10.6 Å². The summed E-state index contributed by atoms with van der Waals surface area (Å²) in [5.74, 6) is -0.136. The minimum absolute atomic E-state index is 0.136. The van der Waals surface area contributed by atoms with Crippen molar-refractivity contribution in [3.8, 4) is 0 Å².